The SMILES string of the molecule is COC(=O)C(Nc1ccc(F)cc1)c1cc(Br)c(Br)s1. The fourth-order valence-corrected chi connectivity index (χ4v) is 3.71. The summed E-state index contributed by atoms with van der Waals surface area (Å²) in [5.74, 6) is -0.734. The predicted molar refractivity (Wildman–Crippen MR) is 84.5 cm³/mol. The molecule has 0 saturated carbocycles. The molecule has 1 aromatic carbocycles. The van der Waals surface area contributed by atoms with Crippen molar-refractivity contribution in [2.75, 3.05) is 12.4 Å². The van der Waals surface area contributed by atoms with E-state index in [0.29, 0.717) is 5.69 Å². The Labute approximate surface area is 136 Å². The first kappa shape index (κ1) is 15.5. The zero-order valence-corrected chi connectivity index (χ0v) is 14.3. The van der Waals surface area contributed by atoms with Crippen LogP contribution < -0.4 is 5.32 Å². The number of esters is 1. The maximum atomic E-state index is 12.9. The molecule has 0 radical (unpaired) electrons. The number of methoxy groups -OCH3 is 1. The smallest absolute Gasteiger partial charge is 0.333 e. The zero-order chi connectivity index (χ0) is 14.7. The zero-order valence-electron chi connectivity index (χ0n) is 10.3. The van der Waals surface area contributed by atoms with Crippen molar-refractivity contribution in [1.29, 1.82) is 0 Å². The predicted octanol–water partition coefficient (Wildman–Crippen LogP) is 4.74. The fraction of sp³-hybridized carbons (Fsp3) is 0.154. The summed E-state index contributed by atoms with van der Waals surface area (Å²) < 4.78 is 19.5. The van der Waals surface area contributed by atoms with Gasteiger partial charge < -0.3 is 10.1 Å². The van der Waals surface area contributed by atoms with Gasteiger partial charge in [-0.2, -0.15) is 0 Å². The van der Waals surface area contributed by atoms with Gasteiger partial charge in [-0.3, -0.25) is 0 Å². The summed E-state index contributed by atoms with van der Waals surface area (Å²) in [6, 6.07) is 7.00. The summed E-state index contributed by atoms with van der Waals surface area (Å²) in [6.07, 6.45) is 0. The molecule has 1 heterocycles. The highest BCUT2D eigenvalue weighted by atomic mass is 79.9. The van der Waals surface area contributed by atoms with E-state index in [0.717, 1.165) is 13.1 Å². The Balaban J connectivity index is 2.28. The molecule has 7 heteroatoms. The minimum atomic E-state index is -0.641. The van der Waals surface area contributed by atoms with Crippen molar-refractivity contribution < 1.29 is 13.9 Å². The Hall–Kier alpha value is -0.920. The lowest BCUT2D eigenvalue weighted by Gasteiger charge is -2.16. The van der Waals surface area contributed by atoms with Crippen molar-refractivity contribution >= 4 is 54.9 Å². The summed E-state index contributed by atoms with van der Waals surface area (Å²) >= 11 is 8.20. The van der Waals surface area contributed by atoms with E-state index in [9.17, 15) is 9.18 Å². The largest absolute Gasteiger partial charge is 0.467 e. The van der Waals surface area contributed by atoms with Gasteiger partial charge in [-0.05, 0) is 62.2 Å². The number of benzene rings is 1. The molecule has 2 aromatic rings. The van der Waals surface area contributed by atoms with Crippen molar-refractivity contribution in [2.24, 2.45) is 0 Å². The van der Waals surface area contributed by atoms with Gasteiger partial charge in [0.15, 0.2) is 6.04 Å². The van der Waals surface area contributed by atoms with Crippen LogP contribution in [0.1, 0.15) is 10.9 Å². The number of rotatable bonds is 4. The van der Waals surface area contributed by atoms with E-state index >= 15 is 0 Å². The van der Waals surface area contributed by atoms with Crippen molar-refractivity contribution in [1.82, 2.24) is 0 Å². The molecule has 0 fully saturated rings. The van der Waals surface area contributed by atoms with Crippen molar-refractivity contribution in [3.05, 3.63) is 49.3 Å². The third kappa shape index (κ3) is 3.59. The highest BCUT2D eigenvalue weighted by Gasteiger charge is 2.24. The molecule has 0 spiro atoms. The molecule has 0 amide bonds. The lowest BCUT2D eigenvalue weighted by molar-refractivity contribution is -0.141. The monoisotopic (exact) mass is 421 g/mol. The highest BCUT2D eigenvalue weighted by molar-refractivity contribution is 9.13. The summed E-state index contributed by atoms with van der Waals surface area (Å²) in [5, 5.41) is 3.04. The van der Waals surface area contributed by atoms with Crippen molar-refractivity contribution in [3.63, 3.8) is 0 Å². The normalized spacial score (nSPS) is 12.0. The number of hydrogen-bond donors (Lipinski definition) is 1. The van der Waals surface area contributed by atoms with Gasteiger partial charge in [0.25, 0.3) is 0 Å². The van der Waals surface area contributed by atoms with E-state index in [-0.39, 0.29) is 5.82 Å². The molecule has 1 N–H and O–H groups in total. The maximum absolute atomic E-state index is 12.9. The third-order valence-corrected chi connectivity index (χ3v) is 5.86. The van der Waals surface area contributed by atoms with E-state index < -0.39 is 12.0 Å². The average molecular weight is 423 g/mol. The standard InChI is InChI=1S/C13H10Br2FNO2S/c1-19-13(18)11(10-6-9(14)12(15)20-10)17-8-4-2-7(16)3-5-8/h2-6,11,17H,1H3. The van der Waals surface area contributed by atoms with Crippen LogP contribution in [0.4, 0.5) is 10.1 Å². The number of ether oxygens (including phenoxy) is 1. The molecule has 20 heavy (non-hydrogen) atoms. The topological polar surface area (TPSA) is 38.3 Å². The van der Waals surface area contributed by atoms with Gasteiger partial charge >= 0.3 is 5.97 Å². The van der Waals surface area contributed by atoms with Gasteiger partial charge in [-0.1, -0.05) is 0 Å². The molecular formula is C13H10Br2FNO2S. The molecule has 0 aliphatic rings. The Morgan fingerprint density at radius 1 is 1.35 bits per heavy atom. The molecule has 1 atom stereocenters. The van der Waals surface area contributed by atoms with Crippen LogP contribution in [0, 0.1) is 5.82 Å². The Morgan fingerprint density at radius 2 is 2.00 bits per heavy atom. The molecule has 106 valence electrons. The van der Waals surface area contributed by atoms with E-state index in [4.69, 9.17) is 4.74 Å². The van der Waals surface area contributed by atoms with Crippen LogP contribution in [-0.2, 0) is 9.53 Å². The molecule has 0 aliphatic heterocycles. The van der Waals surface area contributed by atoms with E-state index in [1.54, 1.807) is 12.1 Å². The Kier molecular flexibility index (Phi) is 5.17. The fourth-order valence-electron chi connectivity index (χ4n) is 1.58. The number of halogens is 3. The third-order valence-electron chi connectivity index (χ3n) is 2.54. The Bertz CT molecular complexity index is 596. The molecule has 0 aliphatic carbocycles. The van der Waals surface area contributed by atoms with Crippen LogP contribution in [0.5, 0.6) is 0 Å². The van der Waals surface area contributed by atoms with Crippen LogP contribution in [0.15, 0.2) is 38.6 Å². The van der Waals surface area contributed by atoms with Gasteiger partial charge in [0.1, 0.15) is 5.82 Å². The molecule has 2 rings (SSSR count). The number of carbonyl (C=O) groups excluding carboxylic acids is 1. The van der Waals surface area contributed by atoms with Crippen LogP contribution in [0.25, 0.3) is 0 Å². The second-order valence-corrected chi connectivity index (χ2v) is 7.13. The van der Waals surface area contributed by atoms with Crippen LogP contribution >= 0.6 is 43.2 Å². The first-order chi connectivity index (χ1) is 9.51. The minimum absolute atomic E-state index is 0.327. The second-order valence-electron chi connectivity index (χ2n) is 3.88. The highest BCUT2D eigenvalue weighted by Crippen LogP contribution is 2.37. The van der Waals surface area contributed by atoms with Crippen LogP contribution in [-0.4, -0.2) is 13.1 Å². The molecule has 0 bridgehead atoms. The first-order valence-electron chi connectivity index (χ1n) is 5.56. The minimum Gasteiger partial charge on any atom is -0.467 e. The quantitative estimate of drug-likeness (QED) is 0.723. The van der Waals surface area contributed by atoms with E-state index in [1.165, 1.54) is 30.6 Å². The van der Waals surface area contributed by atoms with Crippen LogP contribution in [0.3, 0.4) is 0 Å². The van der Waals surface area contributed by atoms with Crippen LogP contribution in [0.2, 0.25) is 0 Å². The summed E-state index contributed by atoms with van der Waals surface area (Å²) in [5.41, 5.74) is 0.641. The van der Waals surface area contributed by atoms with E-state index in [1.807, 2.05) is 6.07 Å². The molecular weight excluding hydrogens is 413 g/mol. The van der Waals surface area contributed by atoms with Crippen molar-refractivity contribution in [2.45, 2.75) is 6.04 Å². The second kappa shape index (κ2) is 6.69. The maximum Gasteiger partial charge on any atom is 0.333 e. The van der Waals surface area contributed by atoms with Crippen molar-refractivity contribution in [3.8, 4) is 0 Å². The molecule has 0 saturated heterocycles. The number of thiophene rings is 1. The molecule has 1 unspecified atom stereocenters. The Morgan fingerprint density at radius 3 is 2.50 bits per heavy atom. The average Bonchev–Trinajstić information content (AvgIpc) is 2.77. The number of anilines is 1. The molecule has 1 aromatic heterocycles. The summed E-state index contributed by atoms with van der Waals surface area (Å²) in [6.45, 7) is 0. The van der Waals surface area contributed by atoms with Gasteiger partial charge in [0.2, 0.25) is 0 Å². The lowest BCUT2D eigenvalue weighted by atomic mass is 10.2. The number of nitrogens with one attached hydrogen (secondary N) is 1. The van der Waals surface area contributed by atoms with Gasteiger partial charge in [0.05, 0.1) is 10.9 Å². The first-order valence-corrected chi connectivity index (χ1v) is 7.96. The summed E-state index contributed by atoms with van der Waals surface area (Å²) in [4.78, 5) is 12.7. The lowest BCUT2D eigenvalue weighted by Crippen LogP contribution is -2.21. The summed E-state index contributed by atoms with van der Waals surface area (Å²) in [7, 11) is 1.33. The number of hydrogen-bond acceptors (Lipinski definition) is 4. The van der Waals surface area contributed by atoms with Gasteiger partial charge in [-0.25, -0.2) is 9.18 Å². The number of carbonyl (C=O) groups is 1. The van der Waals surface area contributed by atoms with Gasteiger partial charge in [-0.15, -0.1) is 11.3 Å². The van der Waals surface area contributed by atoms with Gasteiger partial charge in [0, 0.05) is 15.0 Å². The van der Waals surface area contributed by atoms with E-state index in [2.05, 4.69) is 37.2 Å². The molecule has 3 nitrogen and oxygen atoms in total.